The van der Waals surface area contributed by atoms with E-state index in [1.807, 2.05) is 24.3 Å². The van der Waals surface area contributed by atoms with E-state index in [1.165, 1.54) is 0 Å². The van der Waals surface area contributed by atoms with Crippen LogP contribution in [0.3, 0.4) is 0 Å². The highest BCUT2D eigenvalue weighted by Gasteiger charge is 2.30. The molecular weight excluding hydrogens is 246 g/mol. The van der Waals surface area contributed by atoms with Crippen molar-refractivity contribution >= 4 is 12.0 Å². The molecule has 0 aliphatic carbocycles. The zero-order valence-corrected chi connectivity index (χ0v) is 10.7. The number of carbonyl (C=O) groups excluding carboxylic acids is 1. The van der Waals surface area contributed by atoms with Crippen LogP contribution in [0.2, 0.25) is 0 Å². The summed E-state index contributed by atoms with van der Waals surface area (Å²) in [6.45, 7) is 3.59. The van der Waals surface area contributed by atoms with Crippen LogP contribution in [0.4, 0.5) is 5.69 Å². The van der Waals surface area contributed by atoms with Gasteiger partial charge in [0.1, 0.15) is 12.4 Å². The highest BCUT2D eigenvalue weighted by molar-refractivity contribution is 5.53. The fourth-order valence-electron chi connectivity index (χ4n) is 2.01. The first-order chi connectivity index (χ1) is 9.35. The molecule has 2 unspecified atom stereocenters. The van der Waals surface area contributed by atoms with Crippen LogP contribution in [0.25, 0.3) is 0 Å². The van der Waals surface area contributed by atoms with Crippen molar-refractivity contribution in [3.63, 3.8) is 0 Å². The van der Waals surface area contributed by atoms with Gasteiger partial charge in [-0.1, -0.05) is 0 Å². The molecule has 2 atom stereocenters. The Morgan fingerprint density at radius 2 is 1.74 bits per heavy atom. The van der Waals surface area contributed by atoms with Gasteiger partial charge < -0.3 is 19.1 Å². The summed E-state index contributed by atoms with van der Waals surface area (Å²) in [6, 6.07) is 7.77. The molecule has 0 N–H and O–H groups in total. The SMILES string of the molecule is O=CCOc1ccc(N(CC2CO2)CC2CO2)cc1. The maximum Gasteiger partial charge on any atom is 0.157 e. The number of carbonyl (C=O) groups is 1. The Morgan fingerprint density at radius 1 is 1.16 bits per heavy atom. The Morgan fingerprint density at radius 3 is 2.21 bits per heavy atom. The first-order valence-electron chi connectivity index (χ1n) is 6.50. The van der Waals surface area contributed by atoms with Crippen molar-refractivity contribution in [3.8, 4) is 5.75 Å². The molecule has 2 heterocycles. The number of hydrogen-bond acceptors (Lipinski definition) is 5. The molecule has 5 heteroatoms. The highest BCUT2D eigenvalue weighted by atomic mass is 16.6. The fourth-order valence-corrected chi connectivity index (χ4v) is 2.01. The minimum Gasteiger partial charge on any atom is -0.486 e. The molecule has 0 radical (unpaired) electrons. The topological polar surface area (TPSA) is 54.6 Å². The monoisotopic (exact) mass is 263 g/mol. The van der Waals surface area contributed by atoms with Crippen molar-refractivity contribution in [2.45, 2.75) is 12.2 Å². The van der Waals surface area contributed by atoms with E-state index < -0.39 is 0 Å². The van der Waals surface area contributed by atoms with Crippen molar-refractivity contribution in [3.05, 3.63) is 24.3 Å². The summed E-state index contributed by atoms with van der Waals surface area (Å²) >= 11 is 0. The maximum atomic E-state index is 10.2. The van der Waals surface area contributed by atoms with Crippen molar-refractivity contribution in [2.24, 2.45) is 0 Å². The molecule has 0 spiro atoms. The van der Waals surface area contributed by atoms with Crippen LogP contribution in [0.15, 0.2) is 24.3 Å². The molecule has 0 saturated carbocycles. The molecule has 5 nitrogen and oxygen atoms in total. The maximum absolute atomic E-state index is 10.2. The van der Waals surface area contributed by atoms with Gasteiger partial charge in [-0.25, -0.2) is 0 Å². The van der Waals surface area contributed by atoms with Crippen molar-refractivity contribution < 1.29 is 19.0 Å². The summed E-state index contributed by atoms with van der Waals surface area (Å²) in [5, 5.41) is 0. The third-order valence-electron chi connectivity index (χ3n) is 3.17. The lowest BCUT2D eigenvalue weighted by Gasteiger charge is -2.23. The molecule has 0 aromatic heterocycles. The van der Waals surface area contributed by atoms with E-state index in [-0.39, 0.29) is 6.61 Å². The highest BCUT2D eigenvalue weighted by Crippen LogP contribution is 2.24. The van der Waals surface area contributed by atoms with Gasteiger partial charge in [0.05, 0.1) is 25.4 Å². The molecule has 0 amide bonds. The third-order valence-corrected chi connectivity index (χ3v) is 3.17. The molecule has 1 aromatic rings. The van der Waals surface area contributed by atoms with Crippen LogP contribution in [0, 0.1) is 0 Å². The van der Waals surface area contributed by atoms with Gasteiger partial charge in [0, 0.05) is 18.8 Å². The molecule has 2 aliphatic rings. The molecule has 2 fully saturated rings. The van der Waals surface area contributed by atoms with Gasteiger partial charge >= 0.3 is 0 Å². The molecule has 0 bridgehead atoms. The van der Waals surface area contributed by atoms with E-state index in [4.69, 9.17) is 14.2 Å². The number of hydrogen-bond donors (Lipinski definition) is 0. The van der Waals surface area contributed by atoms with Gasteiger partial charge in [0.25, 0.3) is 0 Å². The zero-order chi connectivity index (χ0) is 13.1. The van der Waals surface area contributed by atoms with Gasteiger partial charge in [-0.2, -0.15) is 0 Å². The van der Waals surface area contributed by atoms with Crippen LogP contribution in [-0.4, -0.2) is 51.4 Å². The predicted molar refractivity (Wildman–Crippen MR) is 69.7 cm³/mol. The first kappa shape index (κ1) is 12.4. The number of anilines is 1. The molecule has 2 aliphatic heterocycles. The van der Waals surface area contributed by atoms with Gasteiger partial charge in [-0.15, -0.1) is 0 Å². The number of ether oxygens (including phenoxy) is 3. The van der Waals surface area contributed by atoms with Crippen LogP contribution in [0.1, 0.15) is 0 Å². The average Bonchev–Trinajstić information content (AvgIpc) is 3.31. The Balaban J connectivity index is 1.63. The third kappa shape index (κ3) is 3.68. The van der Waals surface area contributed by atoms with E-state index in [1.54, 1.807) is 0 Å². The Hall–Kier alpha value is -1.59. The summed E-state index contributed by atoms with van der Waals surface area (Å²) in [4.78, 5) is 12.5. The van der Waals surface area contributed by atoms with Crippen molar-refractivity contribution in [1.29, 1.82) is 0 Å². The lowest BCUT2D eigenvalue weighted by Crippen LogP contribution is -2.31. The number of benzene rings is 1. The normalized spacial score (nSPS) is 23.8. The second-order valence-corrected chi connectivity index (χ2v) is 4.79. The van der Waals surface area contributed by atoms with Gasteiger partial charge in [-0.05, 0) is 24.3 Å². The minimum atomic E-state index is 0.0922. The van der Waals surface area contributed by atoms with E-state index >= 15 is 0 Å². The lowest BCUT2D eigenvalue weighted by molar-refractivity contribution is -0.109. The first-order valence-corrected chi connectivity index (χ1v) is 6.50. The zero-order valence-electron chi connectivity index (χ0n) is 10.7. The van der Waals surface area contributed by atoms with E-state index in [0.29, 0.717) is 18.0 Å². The van der Waals surface area contributed by atoms with Gasteiger partial charge in [0.2, 0.25) is 0 Å². The summed E-state index contributed by atoms with van der Waals surface area (Å²) in [5.41, 5.74) is 1.13. The standard InChI is InChI=1S/C14H17NO4/c16-5-6-17-12-3-1-11(2-4-12)15(7-13-9-18-13)8-14-10-19-14/h1-5,13-14H,6-10H2. The van der Waals surface area contributed by atoms with E-state index in [9.17, 15) is 4.79 Å². The van der Waals surface area contributed by atoms with Crippen LogP contribution in [-0.2, 0) is 14.3 Å². The molecule has 3 rings (SSSR count). The largest absolute Gasteiger partial charge is 0.486 e. The second kappa shape index (κ2) is 5.59. The number of aldehydes is 1. The Kier molecular flexibility index (Phi) is 3.66. The minimum absolute atomic E-state index is 0.0922. The van der Waals surface area contributed by atoms with Crippen molar-refractivity contribution in [1.82, 2.24) is 0 Å². The van der Waals surface area contributed by atoms with E-state index in [0.717, 1.165) is 38.3 Å². The van der Waals surface area contributed by atoms with Gasteiger partial charge in [0.15, 0.2) is 6.29 Å². The van der Waals surface area contributed by atoms with Crippen LogP contribution >= 0.6 is 0 Å². The second-order valence-electron chi connectivity index (χ2n) is 4.79. The van der Waals surface area contributed by atoms with Crippen molar-refractivity contribution in [2.75, 3.05) is 37.8 Å². The smallest absolute Gasteiger partial charge is 0.157 e. The summed E-state index contributed by atoms with van der Waals surface area (Å²) in [7, 11) is 0. The molecule has 19 heavy (non-hydrogen) atoms. The molecule has 1 aromatic carbocycles. The molecule has 2 saturated heterocycles. The van der Waals surface area contributed by atoms with E-state index in [2.05, 4.69) is 4.90 Å². The number of nitrogens with zero attached hydrogens (tertiary/aromatic N) is 1. The Bertz CT molecular complexity index is 412. The molecule has 102 valence electrons. The Labute approximate surface area is 112 Å². The van der Waals surface area contributed by atoms with Crippen LogP contribution in [0.5, 0.6) is 5.75 Å². The summed E-state index contributed by atoms with van der Waals surface area (Å²) in [6.07, 6.45) is 1.45. The average molecular weight is 263 g/mol. The number of epoxide rings is 2. The number of rotatable bonds is 8. The predicted octanol–water partition coefficient (Wildman–Crippen LogP) is 0.868. The summed E-state index contributed by atoms with van der Waals surface area (Å²) in [5.74, 6) is 0.709. The lowest BCUT2D eigenvalue weighted by atomic mass is 10.2. The van der Waals surface area contributed by atoms with Crippen LogP contribution < -0.4 is 9.64 Å². The summed E-state index contributed by atoms with van der Waals surface area (Å²) < 4.78 is 15.8. The fraction of sp³-hybridized carbons (Fsp3) is 0.500. The quantitative estimate of drug-likeness (QED) is 0.514. The molecular formula is C14H17NO4. The van der Waals surface area contributed by atoms with Gasteiger partial charge in [-0.3, -0.25) is 4.79 Å².